The molecule has 0 N–H and O–H groups in total. The molecule has 0 radical (unpaired) electrons. The van der Waals surface area contributed by atoms with Crippen LogP contribution in [0.3, 0.4) is 0 Å². The Kier molecular flexibility index (Phi) is 5.94. The zero-order chi connectivity index (χ0) is 20.3. The van der Waals surface area contributed by atoms with E-state index in [1.165, 1.54) is 25.1 Å². The molecular formula is C17H12F4N4OS2. The second-order valence-electron chi connectivity index (χ2n) is 5.44. The lowest BCUT2D eigenvalue weighted by Gasteiger charge is -2.18. The van der Waals surface area contributed by atoms with Crippen LogP contribution in [0.1, 0.15) is 18.3 Å². The number of rotatable bonds is 5. The lowest BCUT2D eigenvalue weighted by atomic mass is 10.3. The van der Waals surface area contributed by atoms with Gasteiger partial charge in [0.2, 0.25) is 5.91 Å². The third-order valence-electron chi connectivity index (χ3n) is 3.41. The van der Waals surface area contributed by atoms with Gasteiger partial charge in [-0.05, 0) is 18.2 Å². The summed E-state index contributed by atoms with van der Waals surface area (Å²) in [5.74, 6) is -0.790. The number of para-hydroxylation sites is 1. The fraction of sp³-hybridized carbons (Fsp3) is 0.176. The number of alkyl halides is 3. The number of benzene rings is 1. The summed E-state index contributed by atoms with van der Waals surface area (Å²) in [5.41, 5.74) is -0.440. The first-order chi connectivity index (χ1) is 13.3. The summed E-state index contributed by atoms with van der Waals surface area (Å²) in [6.07, 6.45) is -3.51. The maximum Gasteiger partial charge on any atom is 0.433 e. The molecular weight excluding hydrogens is 416 g/mol. The van der Waals surface area contributed by atoms with Crippen molar-refractivity contribution < 1.29 is 22.4 Å². The summed E-state index contributed by atoms with van der Waals surface area (Å²) in [7, 11) is 0. The van der Waals surface area contributed by atoms with Crippen LogP contribution < -0.4 is 4.90 Å². The molecule has 2 heterocycles. The molecule has 0 atom stereocenters. The van der Waals surface area contributed by atoms with Gasteiger partial charge in [-0.3, -0.25) is 9.69 Å². The summed E-state index contributed by atoms with van der Waals surface area (Å²) in [4.78, 5) is 24.7. The molecule has 146 valence electrons. The van der Waals surface area contributed by atoms with Crippen molar-refractivity contribution in [1.82, 2.24) is 15.0 Å². The quantitative estimate of drug-likeness (QED) is 0.323. The van der Waals surface area contributed by atoms with Crippen molar-refractivity contribution in [2.75, 3.05) is 4.90 Å². The zero-order valence-electron chi connectivity index (χ0n) is 14.3. The lowest BCUT2D eigenvalue weighted by Crippen LogP contribution is -2.23. The molecule has 0 saturated heterocycles. The molecule has 5 nitrogen and oxygen atoms in total. The van der Waals surface area contributed by atoms with Gasteiger partial charge in [-0.2, -0.15) is 13.2 Å². The van der Waals surface area contributed by atoms with Gasteiger partial charge in [-0.25, -0.2) is 19.3 Å². The minimum absolute atomic E-state index is 0.0399. The molecule has 0 aliphatic rings. The first kappa shape index (κ1) is 20.2. The molecule has 0 saturated carbocycles. The van der Waals surface area contributed by atoms with E-state index >= 15 is 0 Å². The first-order valence-electron chi connectivity index (χ1n) is 7.78. The molecule has 0 spiro atoms. The van der Waals surface area contributed by atoms with Crippen LogP contribution in [0.2, 0.25) is 0 Å². The second-order valence-corrected chi connectivity index (χ2v) is 7.22. The van der Waals surface area contributed by atoms with Crippen molar-refractivity contribution in [3.63, 3.8) is 0 Å². The highest BCUT2D eigenvalue weighted by atomic mass is 32.2. The SMILES string of the molecule is CC(=O)N(c1nc(CSc2nccc(C(F)(F)F)n2)cs1)c1ccccc1F. The molecule has 11 heteroatoms. The summed E-state index contributed by atoms with van der Waals surface area (Å²) in [6, 6.07) is 6.60. The molecule has 0 aliphatic carbocycles. The van der Waals surface area contributed by atoms with Crippen LogP contribution in [0.25, 0.3) is 0 Å². The van der Waals surface area contributed by atoms with Gasteiger partial charge in [0, 0.05) is 24.3 Å². The number of thioether (sulfide) groups is 1. The average molecular weight is 428 g/mol. The number of carbonyl (C=O) groups is 1. The van der Waals surface area contributed by atoms with E-state index in [2.05, 4.69) is 15.0 Å². The minimum atomic E-state index is -4.55. The number of carbonyl (C=O) groups excluding carboxylic acids is 1. The number of thiazole rings is 1. The van der Waals surface area contributed by atoms with Crippen molar-refractivity contribution in [2.45, 2.75) is 24.0 Å². The van der Waals surface area contributed by atoms with Gasteiger partial charge in [0.25, 0.3) is 0 Å². The molecule has 0 unspecified atom stereocenters. The van der Waals surface area contributed by atoms with E-state index < -0.39 is 23.6 Å². The van der Waals surface area contributed by atoms with Gasteiger partial charge in [0.1, 0.15) is 11.5 Å². The topological polar surface area (TPSA) is 59.0 Å². The fourth-order valence-electron chi connectivity index (χ4n) is 2.21. The normalized spacial score (nSPS) is 11.5. The van der Waals surface area contributed by atoms with Gasteiger partial charge in [0.15, 0.2) is 10.3 Å². The van der Waals surface area contributed by atoms with E-state index in [-0.39, 0.29) is 21.7 Å². The van der Waals surface area contributed by atoms with E-state index in [0.29, 0.717) is 5.69 Å². The standard InChI is InChI=1S/C17H12F4N4OS2/c1-10(26)25(13-5-3-2-4-12(13)18)16-23-11(9-28-16)8-27-15-22-7-6-14(24-15)17(19,20)21/h2-7,9H,8H2,1H3. The van der Waals surface area contributed by atoms with Crippen LogP contribution >= 0.6 is 23.1 Å². The van der Waals surface area contributed by atoms with Crippen LogP contribution in [0.15, 0.2) is 47.1 Å². The number of amides is 1. The van der Waals surface area contributed by atoms with Gasteiger partial charge < -0.3 is 0 Å². The Morgan fingerprint density at radius 3 is 2.64 bits per heavy atom. The van der Waals surface area contributed by atoms with E-state index in [9.17, 15) is 22.4 Å². The highest BCUT2D eigenvalue weighted by molar-refractivity contribution is 7.98. The molecule has 1 aromatic carbocycles. The summed E-state index contributed by atoms with van der Waals surface area (Å²) < 4.78 is 52.2. The van der Waals surface area contributed by atoms with Crippen molar-refractivity contribution in [3.05, 3.63) is 59.1 Å². The fourth-order valence-corrected chi connectivity index (χ4v) is 3.92. The lowest BCUT2D eigenvalue weighted by molar-refractivity contribution is -0.141. The first-order valence-corrected chi connectivity index (χ1v) is 9.65. The smallest absolute Gasteiger partial charge is 0.274 e. The molecule has 3 rings (SSSR count). The minimum Gasteiger partial charge on any atom is -0.274 e. The Labute approximate surface area is 165 Å². The molecule has 0 fully saturated rings. The Hall–Kier alpha value is -2.53. The summed E-state index contributed by atoms with van der Waals surface area (Å²) >= 11 is 2.11. The largest absolute Gasteiger partial charge is 0.433 e. The zero-order valence-corrected chi connectivity index (χ0v) is 15.9. The summed E-state index contributed by atoms with van der Waals surface area (Å²) in [5, 5.41) is 1.87. The van der Waals surface area contributed by atoms with Crippen LogP contribution in [0.4, 0.5) is 28.4 Å². The number of halogens is 4. The Morgan fingerprint density at radius 1 is 1.21 bits per heavy atom. The van der Waals surface area contributed by atoms with E-state index in [0.717, 1.165) is 40.3 Å². The summed E-state index contributed by atoms with van der Waals surface area (Å²) in [6.45, 7) is 1.29. The van der Waals surface area contributed by atoms with Crippen LogP contribution in [0, 0.1) is 5.82 Å². The highest BCUT2D eigenvalue weighted by Gasteiger charge is 2.32. The predicted molar refractivity (Wildman–Crippen MR) is 97.9 cm³/mol. The highest BCUT2D eigenvalue weighted by Crippen LogP contribution is 2.33. The van der Waals surface area contributed by atoms with Crippen LogP contribution in [-0.2, 0) is 16.7 Å². The van der Waals surface area contributed by atoms with E-state index in [1.54, 1.807) is 11.4 Å². The van der Waals surface area contributed by atoms with Gasteiger partial charge in [-0.15, -0.1) is 11.3 Å². The molecule has 28 heavy (non-hydrogen) atoms. The van der Waals surface area contributed by atoms with Crippen LogP contribution in [0.5, 0.6) is 0 Å². The Bertz CT molecular complexity index is 993. The molecule has 3 aromatic rings. The Balaban J connectivity index is 1.77. The van der Waals surface area contributed by atoms with Gasteiger partial charge in [-0.1, -0.05) is 23.9 Å². The molecule has 2 aromatic heterocycles. The number of anilines is 2. The van der Waals surface area contributed by atoms with Gasteiger partial charge in [0.05, 0.1) is 11.4 Å². The number of nitrogens with zero attached hydrogens (tertiary/aromatic N) is 4. The molecule has 0 aliphatic heterocycles. The average Bonchev–Trinajstić information content (AvgIpc) is 3.09. The Morgan fingerprint density at radius 2 is 1.96 bits per heavy atom. The maximum atomic E-state index is 14.1. The van der Waals surface area contributed by atoms with Crippen molar-refractivity contribution in [2.24, 2.45) is 0 Å². The van der Waals surface area contributed by atoms with Crippen molar-refractivity contribution in [1.29, 1.82) is 0 Å². The van der Waals surface area contributed by atoms with Crippen molar-refractivity contribution in [3.8, 4) is 0 Å². The monoisotopic (exact) mass is 428 g/mol. The van der Waals surface area contributed by atoms with Gasteiger partial charge >= 0.3 is 6.18 Å². The maximum absolute atomic E-state index is 14.1. The molecule has 1 amide bonds. The number of hydrogen-bond donors (Lipinski definition) is 0. The second kappa shape index (κ2) is 8.23. The van der Waals surface area contributed by atoms with E-state index in [4.69, 9.17) is 0 Å². The third kappa shape index (κ3) is 4.65. The predicted octanol–water partition coefficient (Wildman–Crippen LogP) is 5.07. The van der Waals surface area contributed by atoms with Crippen molar-refractivity contribution >= 4 is 39.8 Å². The number of aromatic nitrogens is 3. The van der Waals surface area contributed by atoms with E-state index in [1.807, 2.05) is 0 Å². The third-order valence-corrected chi connectivity index (χ3v) is 5.18. The number of hydrogen-bond acceptors (Lipinski definition) is 6. The van der Waals surface area contributed by atoms with Crippen LogP contribution in [-0.4, -0.2) is 20.9 Å². The molecule has 0 bridgehead atoms.